The molecule has 0 unspecified atom stereocenters. The van der Waals surface area contributed by atoms with Crippen LogP contribution in [0.15, 0.2) is 18.2 Å². The van der Waals surface area contributed by atoms with E-state index in [9.17, 15) is 10.2 Å². The molecule has 0 spiro atoms. The molecule has 1 heterocycles. The predicted molar refractivity (Wildman–Crippen MR) is 90.9 cm³/mol. The van der Waals surface area contributed by atoms with Crippen LogP contribution >= 0.6 is 24.8 Å². The van der Waals surface area contributed by atoms with Gasteiger partial charge in [-0.2, -0.15) is 0 Å². The van der Waals surface area contributed by atoms with Gasteiger partial charge >= 0.3 is 0 Å². The Balaban J connectivity index is 0.00000200. The summed E-state index contributed by atoms with van der Waals surface area (Å²) in [7, 11) is 0. The van der Waals surface area contributed by atoms with Crippen molar-refractivity contribution in [2.24, 2.45) is 5.92 Å². The molecule has 3 N–H and O–H groups in total. The van der Waals surface area contributed by atoms with Crippen molar-refractivity contribution in [2.75, 3.05) is 26.2 Å². The summed E-state index contributed by atoms with van der Waals surface area (Å²) in [6, 6.07) is 5.16. The Hall–Kier alpha value is -0.680. The van der Waals surface area contributed by atoms with Crippen LogP contribution < -0.4 is 5.32 Å². The fraction of sp³-hybridized carbons (Fsp3) is 0.600. The summed E-state index contributed by atoms with van der Waals surface area (Å²) in [5.41, 5.74) is 0.924. The van der Waals surface area contributed by atoms with Gasteiger partial charge in [0, 0.05) is 43.9 Å². The fourth-order valence-corrected chi connectivity index (χ4v) is 2.73. The topological polar surface area (TPSA) is 55.7 Å². The minimum absolute atomic E-state index is 0. The summed E-state index contributed by atoms with van der Waals surface area (Å²) in [5.74, 6) is 0.877. The maximum absolute atomic E-state index is 10.1. The summed E-state index contributed by atoms with van der Waals surface area (Å²) in [5, 5.41) is 22.9. The van der Waals surface area contributed by atoms with Gasteiger partial charge in [-0.05, 0) is 18.4 Å². The molecular formula is C15H26Cl2N2O2. The number of nitrogens with zero attached hydrogens (tertiary/aromatic N) is 1. The van der Waals surface area contributed by atoms with Crippen LogP contribution in [-0.4, -0.2) is 41.3 Å². The van der Waals surface area contributed by atoms with Crippen LogP contribution in [0.1, 0.15) is 31.9 Å². The second kappa shape index (κ2) is 9.36. The Kier molecular flexibility index (Phi) is 9.06. The number of halogens is 2. The first-order valence-electron chi connectivity index (χ1n) is 7.04. The molecule has 0 amide bonds. The zero-order valence-corrected chi connectivity index (χ0v) is 14.2. The van der Waals surface area contributed by atoms with Gasteiger partial charge < -0.3 is 15.5 Å². The van der Waals surface area contributed by atoms with E-state index in [0.717, 1.165) is 38.2 Å². The largest absolute Gasteiger partial charge is 0.508 e. The zero-order chi connectivity index (χ0) is 13.8. The number of aromatic hydroxyl groups is 2. The molecule has 1 aliphatic heterocycles. The van der Waals surface area contributed by atoms with Gasteiger partial charge in [0.25, 0.3) is 0 Å². The molecule has 0 aromatic heterocycles. The molecule has 1 fully saturated rings. The van der Waals surface area contributed by atoms with Crippen LogP contribution in [0.4, 0.5) is 0 Å². The lowest BCUT2D eigenvalue weighted by molar-refractivity contribution is 0.151. The van der Waals surface area contributed by atoms with Crippen molar-refractivity contribution in [3.05, 3.63) is 23.8 Å². The maximum atomic E-state index is 10.1. The van der Waals surface area contributed by atoms with Gasteiger partial charge in [-0.15, -0.1) is 24.8 Å². The molecule has 0 aliphatic carbocycles. The van der Waals surface area contributed by atoms with Crippen molar-refractivity contribution in [1.82, 2.24) is 10.2 Å². The Morgan fingerprint density at radius 1 is 1.14 bits per heavy atom. The van der Waals surface area contributed by atoms with Gasteiger partial charge in [-0.25, -0.2) is 0 Å². The van der Waals surface area contributed by atoms with Gasteiger partial charge in [-0.1, -0.05) is 19.9 Å². The summed E-state index contributed by atoms with van der Waals surface area (Å²) >= 11 is 0. The molecule has 0 saturated carbocycles. The summed E-state index contributed by atoms with van der Waals surface area (Å²) in [6.07, 6.45) is 1.01. The number of piperazine rings is 1. The first kappa shape index (κ1) is 20.3. The molecular weight excluding hydrogens is 311 g/mol. The van der Waals surface area contributed by atoms with E-state index in [-0.39, 0.29) is 42.4 Å². The molecule has 1 aliphatic rings. The van der Waals surface area contributed by atoms with Crippen LogP contribution in [0.5, 0.6) is 11.5 Å². The van der Waals surface area contributed by atoms with Crippen LogP contribution in [-0.2, 0) is 0 Å². The lowest BCUT2D eigenvalue weighted by Crippen LogP contribution is -2.45. The van der Waals surface area contributed by atoms with Crippen molar-refractivity contribution < 1.29 is 10.2 Å². The average Bonchev–Trinajstić information content (AvgIpc) is 2.37. The summed E-state index contributed by atoms with van der Waals surface area (Å²) < 4.78 is 0. The minimum Gasteiger partial charge on any atom is -0.508 e. The first-order valence-corrected chi connectivity index (χ1v) is 7.04. The monoisotopic (exact) mass is 336 g/mol. The van der Waals surface area contributed by atoms with E-state index in [1.165, 1.54) is 6.07 Å². The third-order valence-electron chi connectivity index (χ3n) is 3.66. The SMILES string of the molecule is CC(C)C[C@@H](c1ccc(O)cc1O)N1CCNCC1.Cl.Cl. The van der Waals surface area contributed by atoms with Crippen molar-refractivity contribution >= 4 is 24.8 Å². The predicted octanol–water partition coefficient (Wildman–Crippen LogP) is 2.93. The van der Waals surface area contributed by atoms with Crippen molar-refractivity contribution in [3.63, 3.8) is 0 Å². The number of nitrogens with one attached hydrogen (secondary N) is 1. The van der Waals surface area contributed by atoms with Gasteiger partial charge in [0.15, 0.2) is 0 Å². The molecule has 1 atom stereocenters. The Bertz CT molecular complexity index is 424. The lowest BCUT2D eigenvalue weighted by Gasteiger charge is -2.36. The average molecular weight is 337 g/mol. The van der Waals surface area contributed by atoms with Crippen LogP contribution in [0.2, 0.25) is 0 Å². The van der Waals surface area contributed by atoms with E-state index in [0.29, 0.717) is 5.92 Å². The lowest BCUT2D eigenvalue weighted by atomic mass is 9.94. The normalized spacial score (nSPS) is 16.9. The summed E-state index contributed by atoms with van der Waals surface area (Å²) in [6.45, 7) is 8.38. The summed E-state index contributed by atoms with van der Waals surface area (Å²) in [4.78, 5) is 2.42. The highest BCUT2D eigenvalue weighted by molar-refractivity contribution is 5.85. The second-order valence-corrected chi connectivity index (χ2v) is 5.67. The van der Waals surface area contributed by atoms with Gasteiger partial charge in [0.1, 0.15) is 11.5 Å². The molecule has 1 aromatic carbocycles. The van der Waals surface area contributed by atoms with E-state index in [4.69, 9.17) is 0 Å². The number of hydrogen-bond acceptors (Lipinski definition) is 4. The Labute approximate surface area is 139 Å². The van der Waals surface area contributed by atoms with E-state index >= 15 is 0 Å². The van der Waals surface area contributed by atoms with Crippen molar-refractivity contribution in [3.8, 4) is 11.5 Å². The fourth-order valence-electron chi connectivity index (χ4n) is 2.73. The van der Waals surface area contributed by atoms with Crippen LogP contribution in [0.3, 0.4) is 0 Å². The van der Waals surface area contributed by atoms with Crippen LogP contribution in [0.25, 0.3) is 0 Å². The zero-order valence-electron chi connectivity index (χ0n) is 12.6. The van der Waals surface area contributed by atoms with Crippen molar-refractivity contribution in [2.45, 2.75) is 26.3 Å². The molecule has 6 heteroatoms. The van der Waals surface area contributed by atoms with Gasteiger partial charge in [-0.3, -0.25) is 4.90 Å². The number of phenols is 2. The Morgan fingerprint density at radius 2 is 1.76 bits per heavy atom. The molecule has 4 nitrogen and oxygen atoms in total. The molecule has 0 radical (unpaired) electrons. The maximum Gasteiger partial charge on any atom is 0.124 e. The standard InChI is InChI=1S/C15H24N2O2.2ClH/c1-11(2)9-14(17-7-5-16-6-8-17)13-4-3-12(18)10-15(13)19;;/h3-4,10-11,14,16,18-19H,5-9H2,1-2H3;2*1H/t14-;;/m0../s1. The first-order chi connectivity index (χ1) is 9.08. The Morgan fingerprint density at radius 3 is 2.29 bits per heavy atom. The molecule has 2 rings (SSSR count). The van der Waals surface area contributed by atoms with Gasteiger partial charge in [0.05, 0.1) is 0 Å². The quantitative estimate of drug-likeness (QED) is 0.791. The molecule has 21 heavy (non-hydrogen) atoms. The molecule has 122 valence electrons. The van der Waals surface area contributed by atoms with E-state index in [2.05, 4.69) is 24.1 Å². The smallest absolute Gasteiger partial charge is 0.124 e. The third-order valence-corrected chi connectivity index (χ3v) is 3.66. The molecule has 0 bridgehead atoms. The van der Waals surface area contributed by atoms with E-state index in [1.807, 2.05) is 6.07 Å². The molecule has 1 saturated heterocycles. The number of rotatable bonds is 4. The number of hydrogen-bond donors (Lipinski definition) is 3. The highest BCUT2D eigenvalue weighted by atomic mass is 35.5. The second-order valence-electron chi connectivity index (χ2n) is 5.67. The number of phenolic OH excluding ortho intramolecular Hbond substituents is 2. The molecule has 1 aromatic rings. The highest BCUT2D eigenvalue weighted by Crippen LogP contribution is 2.35. The third kappa shape index (κ3) is 5.55. The van der Waals surface area contributed by atoms with Gasteiger partial charge in [0.2, 0.25) is 0 Å². The van der Waals surface area contributed by atoms with E-state index in [1.54, 1.807) is 6.07 Å². The van der Waals surface area contributed by atoms with E-state index < -0.39 is 0 Å². The van der Waals surface area contributed by atoms with Crippen molar-refractivity contribution in [1.29, 1.82) is 0 Å². The highest BCUT2D eigenvalue weighted by Gasteiger charge is 2.25. The minimum atomic E-state index is 0. The van der Waals surface area contributed by atoms with Crippen LogP contribution in [0, 0.1) is 5.92 Å². The number of benzene rings is 1.